The standard InChI is InChI=1S/C24H22ClN5O2.C23H23N5O2.2C22H20ClN5O2/c1-15-12-17(21-13-18(25)10-11-26-21)8-9-23(15)32-14-20-19(16-6-7-16)4-3-5-22(20)30-24(31)29(2)27-28-30;1-15-7-5-9-20(28-23(29)27(4)25-26-28)19(15)14-30-21-11-10-18(13-17(21)3)22-16(2)8-6-12-24-22;2*1-14-5-4-6-20(28-22(29)27(3)25-26-28)18(14)13-30-21-8-7-16(11-15(21)2)19-12-17(23)9-10-24-19/h3-5,8-13,16H,6-7,14H2,1-2H3;5-13H,14H2,1-4H3;2*4-12H,13H2,1-3H3. The van der Waals surface area contributed by atoms with Crippen LogP contribution in [-0.2, 0) is 54.6 Å². The highest BCUT2D eigenvalue weighted by Gasteiger charge is 2.29. The number of pyridine rings is 4. The second kappa shape index (κ2) is 37.5. The molecule has 1 fully saturated rings. The summed E-state index contributed by atoms with van der Waals surface area (Å²) >= 11 is 18.3. The third kappa shape index (κ3) is 19.3. The number of hydrogen-bond donors (Lipinski definition) is 0. The summed E-state index contributed by atoms with van der Waals surface area (Å²) in [7, 11) is 6.30. The Hall–Kier alpha value is -14.1. The second-order valence-corrected chi connectivity index (χ2v) is 30.7. The van der Waals surface area contributed by atoms with Gasteiger partial charge in [-0.05, 0) is 305 Å². The Kier molecular flexibility index (Phi) is 25.9. The molecule has 0 radical (unpaired) electrons. The molecule has 1 aliphatic rings. The highest BCUT2D eigenvalue weighted by atomic mass is 35.5. The van der Waals surface area contributed by atoms with Crippen LogP contribution in [0.25, 0.3) is 67.8 Å². The Balaban J connectivity index is 0.000000133. The van der Waals surface area contributed by atoms with Crippen LogP contribution in [0.4, 0.5) is 0 Å². The molecule has 0 N–H and O–H groups in total. The average molecular weight is 1690 g/mol. The van der Waals surface area contributed by atoms with Gasteiger partial charge in [-0.2, -0.15) is 37.5 Å². The van der Waals surface area contributed by atoms with Crippen molar-refractivity contribution in [1.29, 1.82) is 0 Å². The van der Waals surface area contributed by atoms with Gasteiger partial charge in [-0.25, -0.2) is 19.2 Å². The molecular formula is C91H85Cl3N20O8. The molecule has 618 valence electrons. The number of rotatable bonds is 21. The first kappa shape index (κ1) is 84.4. The number of tetrazole rings is 4. The van der Waals surface area contributed by atoms with Crippen molar-refractivity contribution in [2.24, 2.45) is 28.2 Å². The van der Waals surface area contributed by atoms with Crippen LogP contribution >= 0.6 is 34.8 Å². The van der Waals surface area contributed by atoms with Crippen molar-refractivity contribution in [3.05, 3.63) is 348 Å². The van der Waals surface area contributed by atoms with Gasteiger partial charge in [0, 0.05) is 113 Å². The average Bonchev–Trinajstić information content (AvgIpc) is 1.62. The van der Waals surface area contributed by atoms with Crippen LogP contribution in [0, 0.1) is 55.4 Å². The van der Waals surface area contributed by atoms with Crippen LogP contribution in [-0.4, -0.2) is 99.1 Å². The molecule has 0 unspecified atom stereocenters. The van der Waals surface area contributed by atoms with Gasteiger partial charge in [-0.3, -0.25) is 19.9 Å². The Labute approximate surface area is 716 Å². The zero-order chi connectivity index (χ0) is 86.0. The molecule has 28 nitrogen and oxygen atoms in total. The summed E-state index contributed by atoms with van der Waals surface area (Å²) in [5.41, 5.74) is 21.8. The van der Waals surface area contributed by atoms with Crippen LogP contribution in [0.3, 0.4) is 0 Å². The van der Waals surface area contributed by atoms with Crippen molar-refractivity contribution < 1.29 is 18.9 Å². The zero-order valence-corrected chi connectivity index (χ0v) is 71.2. The lowest BCUT2D eigenvalue weighted by molar-refractivity contribution is 0.302. The fourth-order valence-electron chi connectivity index (χ4n) is 13.7. The highest BCUT2D eigenvalue weighted by Crippen LogP contribution is 2.44. The molecule has 0 aliphatic heterocycles. The minimum Gasteiger partial charge on any atom is -0.489 e. The van der Waals surface area contributed by atoms with Gasteiger partial charge in [0.1, 0.15) is 49.4 Å². The molecule has 1 saturated carbocycles. The first-order valence-electron chi connectivity index (χ1n) is 38.9. The molecule has 31 heteroatoms. The van der Waals surface area contributed by atoms with Gasteiger partial charge in [0.05, 0.1) is 45.5 Å². The van der Waals surface area contributed by atoms with Crippen molar-refractivity contribution in [3.8, 4) is 90.8 Å². The first-order chi connectivity index (χ1) is 58.8. The maximum Gasteiger partial charge on any atom is 0.368 e. The van der Waals surface area contributed by atoms with Gasteiger partial charge >= 0.3 is 22.8 Å². The van der Waals surface area contributed by atoms with Crippen LogP contribution in [0.5, 0.6) is 23.0 Å². The fraction of sp³-hybridized carbons (Fsp3) is 0.209. The van der Waals surface area contributed by atoms with Gasteiger partial charge in [-0.1, -0.05) is 89.4 Å². The van der Waals surface area contributed by atoms with E-state index in [1.807, 2.05) is 206 Å². The van der Waals surface area contributed by atoms with Crippen molar-refractivity contribution in [2.45, 2.75) is 101 Å². The Bertz CT molecular complexity index is 6600. The molecule has 0 saturated heterocycles. The van der Waals surface area contributed by atoms with E-state index in [9.17, 15) is 19.2 Å². The third-order valence-electron chi connectivity index (χ3n) is 20.7. The van der Waals surface area contributed by atoms with Gasteiger partial charge in [-0.15, -0.1) is 0 Å². The van der Waals surface area contributed by atoms with Gasteiger partial charge < -0.3 is 18.9 Å². The molecule has 0 amide bonds. The van der Waals surface area contributed by atoms with E-state index >= 15 is 0 Å². The van der Waals surface area contributed by atoms with Gasteiger partial charge in [0.2, 0.25) is 0 Å². The second-order valence-electron chi connectivity index (χ2n) is 29.3. The number of nitrogens with zero attached hydrogens (tertiary/aromatic N) is 20. The van der Waals surface area contributed by atoms with E-state index in [-0.39, 0.29) is 22.8 Å². The first-order valence-corrected chi connectivity index (χ1v) is 40.0. The number of aromatic nitrogens is 20. The smallest absolute Gasteiger partial charge is 0.368 e. The van der Waals surface area contributed by atoms with Gasteiger partial charge in [0.25, 0.3) is 0 Å². The number of halogens is 3. The fourth-order valence-corrected chi connectivity index (χ4v) is 14.2. The molecule has 17 rings (SSSR count). The zero-order valence-electron chi connectivity index (χ0n) is 68.9. The van der Waals surface area contributed by atoms with Crippen LogP contribution in [0.15, 0.2) is 238 Å². The molecule has 16 aromatic rings. The summed E-state index contributed by atoms with van der Waals surface area (Å²) in [5, 5.41) is 33.1. The Morgan fingerprint density at radius 3 is 0.893 bits per heavy atom. The topological polar surface area (TPSA) is 299 Å². The highest BCUT2D eigenvalue weighted by molar-refractivity contribution is 6.31. The van der Waals surface area contributed by atoms with E-state index in [1.54, 1.807) is 71.2 Å². The van der Waals surface area contributed by atoms with Crippen molar-refractivity contribution in [2.75, 3.05) is 0 Å². The summed E-state index contributed by atoms with van der Waals surface area (Å²) in [4.78, 5) is 67.0. The van der Waals surface area contributed by atoms with Crippen LogP contribution in [0.1, 0.15) is 91.1 Å². The molecule has 0 bridgehead atoms. The number of ether oxygens (including phenoxy) is 4. The van der Waals surface area contributed by atoms with E-state index < -0.39 is 0 Å². The van der Waals surface area contributed by atoms with Crippen LogP contribution < -0.4 is 41.7 Å². The number of aryl methyl sites for hydroxylation is 12. The summed E-state index contributed by atoms with van der Waals surface area (Å²) < 4.78 is 34.6. The maximum absolute atomic E-state index is 12.5. The normalized spacial score (nSPS) is 11.6. The predicted octanol–water partition coefficient (Wildman–Crippen LogP) is 15.7. The number of benzene rings is 8. The third-order valence-corrected chi connectivity index (χ3v) is 21.4. The Morgan fingerprint density at radius 1 is 0.303 bits per heavy atom. The lowest BCUT2D eigenvalue weighted by Gasteiger charge is -2.16. The molecule has 0 atom stereocenters. The minimum absolute atomic E-state index is 0.284. The van der Waals surface area contributed by atoms with Crippen molar-refractivity contribution in [3.63, 3.8) is 0 Å². The molecule has 8 aromatic carbocycles. The quantitative estimate of drug-likeness (QED) is 0.0645. The van der Waals surface area contributed by atoms with E-state index in [2.05, 4.69) is 86.8 Å². The summed E-state index contributed by atoms with van der Waals surface area (Å²) in [6.45, 7) is 17.2. The molecule has 8 heterocycles. The molecule has 0 spiro atoms. The SMILES string of the molecule is Cc1cc(-c2cc(Cl)ccn2)ccc1OCc1c(C)cccc1-n1nnn(C)c1=O.Cc1cc(-c2cc(Cl)ccn2)ccc1OCc1c(C)cccc1-n1nnn(C)c1=O.Cc1cc(-c2cc(Cl)ccn2)ccc1OCc1c(C2CC2)cccc1-n1nnn(C)c1=O.Cc1cc(-c2ncccc2C)ccc1OCc1c(C)cccc1-n1nnn(C)c1=O. The van der Waals surface area contributed by atoms with E-state index in [1.165, 1.54) is 43.0 Å². The molecular weight excluding hydrogens is 1610 g/mol. The molecule has 1 aliphatic carbocycles. The largest absolute Gasteiger partial charge is 0.489 e. The monoisotopic (exact) mass is 1690 g/mol. The van der Waals surface area contributed by atoms with Crippen molar-refractivity contribution in [1.82, 2.24) is 99.1 Å². The number of hydrogen-bond acceptors (Lipinski definition) is 20. The van der Waals surface area contributed by atoms with Gasteiger partial charge in [0.15, 0.2) is 0 Å². The summed E-state index contributed by atoms with van der Waals surface area (Å²) in [5.74, 6) is 3.56. The Morgan fingerprint density at radius 2 is 0.598 bits per heavy atom. The lowest BCUT2D eigenvalue weighted by Crippen LogP contribution is -2.23. The predicted molar refractivity (Wildman–Crippen MR) is 467 cm³/mol. The molecule has 122 heavy (non-hydrogen) atoms. The molecule has 8 aromatic heterocycles. The van der Waals surface area contributed by atoms with E-state index in [0.717, 1.165) is 148 Å². The summed E-state index contributed by atoms with van der Waals surface area (Å²) in [6, 6.07) is 61.6. The van der Waals surface area contributed by atoms with E-state index in [4.69, 9.17) is 53.8 Å². The maximum atomic E-state index is 12.5. The summed E-state index contributed by atoms with van der Waals surface area (Å²) in [6.07, 6.45) is 9.16. The van der Waals surface area contributed by atoms with E-state index in [0.29, 0.717) is 70.2 Å². The van der Waals surface area contributed by atoms with Crippen LogP contribution in [0.2, 0.25) is 15.1 Å². The minimum atomic E-state index is -0.309. The lowest BCUT2D eigenvalue weighted by atomic mass is 10.0. The van der Waals surface area contributed by atoms with Crippen molar-refractivity contribution >= 4 is 34.8 Å².